The molecule has 2 saturated heterocycles. The van der Waals surface area contributed by atoms with E-state index < -0.39 is 77.2 Å². The molecule has 0 spiro atoms. The van der Waals surface area contributed by atoms with Gasteiger partial charge in [-0.15, -0.1) is 0 Å². The van der Waals surface area contributed by atoms with Crippen molar-refractivity contribution in [2.24, 2.45) is 17.3 Å². The highest BCUT2D eigenvalue weighted by Crippen LogP contribution is 2.44. The third-order valence-corrected chi connectivity index (χ3v) is 16.0. The van der Waals surface area contributed by atoms with Gasteiger partial charge in [-0.25, -0.2) is 8.78 Å². The summed E-state index contributed by atoms with van der Waals surface area (Å²) in [6, 6.07) is 6.42. The number of benzene rings is 2. The van der Waals surface area contributed by atoms with Gasteiger partial charge in [-0.1, -0.05) is 27.7 Å². The zero-order valence-electron chi connectivity index (χ0n) is 42.1. The van der Waals surface area contributed by atoms with Crippen LogP contribution in [0.5, 0.6) is 0 Å². The second-order valence-corrected chi connectivity index (χ2v) is 21.6. The first kappa shape index (κ1) is 52.3. The molecule has 13 nitrogen and oxygen atoms in total. The summed E-state index contributed by atoms with van der Waals surface area (Å²) in [6.45, 7) is 13.8. The van der Waals surface area contributed by atoms with Crippen molar-refractivity contribution in [3.63, 3.8) is 0 Å². The number of amides is 2. The minimum Gasteiger partial charge on any atom is -0.427 e. The molecule has 21 heteroatoms. The third-order valence-electron chi connectivity index (χ3n) is 16.0. The van der Waals surface area contributed by atoms with Crippen LogP contribution in [0.1, 0.15) is 130 Å². The van der Waals surface area contributed by atoms with Crippen molar-refractivity contribution >= 4 is 46.6 Å². The summed E-state index contributed by atoms with van der Waals surface area (Å²) >= 11 is 0. The number of carbonyl (C=O) groups is 2. The Morgan fingerprint density at radius 2 is 1.10 bits per heavy atom. The highest BCUT2D eigenvalue weighted by atomic mass is 19.4. The molecule has 2 amide bonds. The van der Waals surface area contributed by atoms with Gasteiger partial charge in [0, 0.05) is 62.2 Å². The average Bonchev–Trinajstić information content (AvgIpc) is 4.16. The van der Waals surface area contributed by atoms with E-state index in [2.05, 4.69) is 58.1 Å². The summed E-state index contributed by atoms with van der Waals surface area (Å²) in [5.41, 5.74) is 1.82. The van der Waals surface area contributed by atoms with Crippen LogP contribution in [0.3, 0.4) is 0 Å². The van der Waals surface area contributed by atoms with E-state index in [1.54, 1.807) is 29.0 Å². The van der Waals surface area contributed by atoms with Gasteiger partial charge in [0.2, 0.25) is 0 Å². The Bertz CT molecular complexity index is 2690. The Labute approximate surface area is 419 Å². The van der Waals surface area contributed by atoms with Crippen LogP contribution >= 0.6 is 0 Å². The molecule has 2 saturated carbocycles. The maximum Gasteiger partial charge on any atom is 0.396 e. The molecule has 398 valence electrons. The number of hydrogen-bond acceptors (Lipinski definition) is 11. The number of nitrogens with zero attached hydrogens (tertiary/aromatic N) is 6. The number of hydrogen-bond donors (Lipinski definition) is 2. The molecule has 2 aliphatic carbocycles. The highest BCUT2D eigenvalue weighted by Gasteiger charge is 2.45. The fourth-order valence-electron chi connectivity index (χ4n) is 11.7. The summed E-state index contributed by atoms with van der Waals surface area (Å²) in [6.07, 6.45) is -2.49. The second-order valence-electron chi connectivity index (χ2n) is 21.6. The smallest absolute Gasteiger partial charge is 0.396 e. The SMILES string of the molecule is CCC1(CC)CN(c2nc(C(=O)Nc3cc(F)c4c(c3)CCN4C3CCC(C)C3)c(CC(F)(F)F)o2)C1.COC1(C)CN(c2nc(C(=O)Nc3cc(F)c4c(c3)CCN4C3CCC(C)C3)c(CC(F)(F)F)o2)C1. The zero-order chi connectivity index (χ0) is 52.4. The predicted octanol–water partition coefficient (Wildman–Crippen LogP) is 11.3. The minimum atomic E-state index is -4.59. The Morgan fingerprint density at radius 1 is 0.685 bits per heavy atom. The van der Waals surface area contributed by atoms with Crippen LogP contribution in [0.25, 0.3) is 0 Å². The third kappa shape index (κ3) is 11.1. The minimum absolute atomic E-state index is 0.0171. The number of anilines is 6. The number of halogens is 8. The molecule has 6 aliphatic rings. The lowest BCUT2D eigenvalue weighted by molar-refractivity contribution is -0.131. The fraction of sp³-hybridized carbons (Fsp3) is 0.615. The first-order chi connectivity index (χ1) is 34.4. The molecule has 0 radical (unpaired) electrons. The van der Waals surface area contributed by atoms with E-state index in [1.807, 2.05) is 6.92 Å². The van der Waals surface area contributed by atoms with Crippen LogP contribution < -0.4 is 30.2 Å². The summed E-state index contributed by atoms with van der Waals surface area (Å²) < 4.78 is 126. The summed E-state index contributed by atoms with van der Waals surface area (Å²) in [5, 5.41) is 5.10. The van der Waals surface area contributed by atoms with E-state index in [9.17, 15) is 35.9 Å². The van der Waals surface area contributed by atoms with E-state index in [0.29, 0.717) is 80.9 Å². The number of carbonyl (C=O) groups excluding carboxylic acids is 2. The van der Waals surface area contributed by atoms with Gasteiger partial charge in [-0.2, -0.15) is 36.3 Å². The molecule has 2 N–H and O–H groups in total. The van der Waals surface area contributed by atoms with E-state index in [1.165, 1.54) is 12.1 Å². The van der Waals surface area contributed by atoms with Crippen LogP contribution in [0, 0.1) is 28.9 Å². The largest absolute Gasteiger partial charge is 0.427 e. The Kier molecular flexibility index (Phi) is 14.3. The molecule has 73 heavy (non-hydrogen) atoms. The van der Waals surface area contributed by atoms with Crippen molar-refractivity contribution in [3.05, 3.63) is 69.9 Å². The monoisotopic (exact) mass is 1030 g/mol. The molecular formula is C52H64F8N8O5. The molecular weight excluding hydrogens is 969 g/mol. The highest BCUT2D eigenvalue weighted by molar-refractivity contribution is 6.05. The van der Waals surface area contributed by atoms with Gasteiger partial charge >= 0.3 is 12.4 Å². The topological polar surface area (TPSA) is 132 Å². The molecule has 4 atom stereocenters. The lowest BCUT2D eigenvalue weighted by Crippen LogP contribution is -2.61. The van der Waals surface area contributed by atoms with E-state index >= 15 is 8.78 Å². The van der Waals surface area contributed by atoms with Crippen LogP contribution in [-0.2, 0) is 30.4 Å². The van der Waals surface area contributed by atoms with E-state index in [0.717, 1.165) is 69.0 Å². The van der Waals surface area contributed by atoms with Crippen molar-refractivity contribution in [3.8, 4) is 0 Å². The number of alkyl halides is 6. The molecule has 10 rings (SSSR count). The van der Waals surface area contributed by atoms with Crippen LogP contribution in [0.15, 0.2) is 33.1 Å². The molecule has 2 aromatic heterocycles. The van der Waals surface area contributed by atoms with Gasteiger partial charge < -0.3 is 43.8 Å². The lowest BCUT2D eigenvalue weighted by atomic mass is 9.75. The Hall–Kier alpha value is -5.60. The van der Waals surface area contributed by atoms with Gasteiger partial charge in [-0.05, 0) is 118 Å². The summed E-state index contributed by atoms with van der Waals surface area (Å²) in [4.78, 5) is 41.9. The molecule has 4 aliphatic heterocycles. The number of aromatic nitrogens is 2. The van der Waals surface area contributed by atoms with Gasteiger partial charge in [0.05, 0.1) is 24.5 Å². The Balaban J connectivity index is 0.000000180. The van der Waals surface area contributed by atoms with Crippen molar-refractivity contribution in [2.45, 2.75) is 142 Å². The van der Waals surface area contributed by atoms with Crippen molar-refractivity contribution < 1.29 is 58.3 Å². The maximum atomic E-state index is 15.2. The van der Waals surface area contributed by atoms with Gasteiger partial charge in [0.1, 0.15) is 41.6 Å². The van der Waals surface area contributed by atoms with Crippen molar-refractivity contribution in [1.82, 2.24) is 9.97 Å². The van der Waals surface area contributed by atoms with E-state index in [4.69, 9.17) is 13.6 Å². The zero-order valence-corrected chi connectivity index (χ0v) is 42.1. The fourth-order valence-corrected chi connectivity index (χ4v) is 11.7. The first-order valence-electron chi connectivity index (χ1n) is 25.4. The first-order valence-corrected chi connectivity index (χ1v) is 25.4. The summed E-state index contributed by atoms with van der Waals surface area (Å²) in [5.74, 6) is -2.49. The summed E-state index contributed by atoms with van der Waals surface area (Å²) in [7, 11) is 1.55. The molecule has 6 heterocycles. The lowest BCUT2D eigenvalue weighted by Gasteiger charge is -2.49. The quantitative estimate of drug-likeness (QED) is 0.124. The van der Waals surface area contributed by atoms with Gasteiger partial charge in [-0.3, -0.25) is 9.59 Å². The number of ether oxygens (including phenoxy) is 1. The predicted molar refractivity (Wildman–Crippen MR) is 260 cm³/mol. The average molecular weight is 1030 g/mol. The van der Waals surface area contributed by atoms with E-state index in [-0.39, 0.29) is 28.8 Å². The molecule has 0 bridgehead atoms. The molecule has 4 aromatic rings. The van der Waals surface area contributed by atoms with Crippen LogP contribution in [0.4, 0.5) is 69.9 Å². The van der Waals surface area contributed by atoms with Crippen LogP contribution in [0.2, 0.25) is 0 Å². The number of oxazole rings is 2. The number of fused-ring (bicyclic) bond motifs is 2. The number of nitrogens with one attached hydrogen (secondary N) is 2. The van der Waals surface area contributed by atoms with Gasteiger partial charge in [0.25, 0.3) is 23.8 Å². The second kappa shape index (κ2) is 19.9. The molecule has 4 unspecified atom stereocenters. The number of methoxy groups -OCH3 is 1. The maximum absolute atomic E-state index is 15.2. The van der Waals surface area contributed by atoms with Gasteiger partial charge in [0.15, 0.2) is 11.4 Å². The normalized spacial score (nSPS) is 22.9. The van der Waals surface area contributed by atoms with Crippen molar-refractivity contribution in [1.29, 1.82) is 0 Å². The molecule has 2 aromatic carbocycles. The van der Waals surface area contributed by atoms with Crippen LogP contribution in [-0.4, -0.2) is 98.2 Å². The molecule has 4 fully saturated rings. The standard InChI is InChI=1S/C27H34F4N4O2.C25H30F4N4O3/c1-4-26(5-2)14-34(15-26)25-33-22(21(37-25)13-27(29,30)31)24(36)32-18-11-17-8-9-35(23(17)20(28)12-18)19-7-6-16(3)10-19;1-14-4-5-17(8-14)33-7-6-15-9-16(10-18(26)21(15)33)30-22(34)20-19(11-25(27,28)29)36-23(31-20)32-12-24(2,13-32)35-3/h11-12,16,19H,4-10,13-15H2,1-3H3,(H,32,36);9-10,14,17H,4-8,11-13H2,1-3H3,(H,30,34). The number of rotatable bonds is 13. The van der Waals surface area contributed by atoms with Crippen molar-refractivity contribution in [2.75, 3.05) is 76.6 Å². The Morgan fingerprint density at radius 3 is 1.45 bits per heavy atom.